The molecule has 23 heavy (non-hydrogen) atoms. The molecule has 0 spiro atoms. The van der Waals surface area contributed by atoms with E-state index in [9.17, 15) is 4.79 Å². The first-order valence-corrected chi connectivity index (χ1v) is 8.21. The van der Waals surface area contributed by atoms with E-state index in [1.165, 1.54) is 0 Å². The molecule has 6 heteroatoms. The third-order valence-corrected chi connectivity index (χ3v) is 4.39. The van der Waals surface area contributed by atoms with Gasteiger partial charge in [-0.1, -0.05) is 59.1 Å². The molecule has 1 N–H and O–H groups in total. The van der Waals surface area contributed by atoms with E-state index < -0.39 is 0 Å². The Morgan fingerprint density at radius 2 is 1.78 bits per heavy atom. The lowest BCUT2D eigenvalue weighted by Crippen LogP contribution is -2.34. The molecule has 2 aromatic rings. The van der Waals surface area contributed by atoms with Gasteiger partial charge < -0.3 is 5.32 Å². The van der Waals surface area contributed by atoms with Crippen molar-refractivity contribution in [3.05, 3.63) is 68.7 Å². The van der Waals surface area contributed by atoms with Crippen molar-refractivity contribution in [3.63, 3.8) is 0 Å². The van der Waals surface area contributed by atoms with E-state index in [1.807, 2.05) is 42.3 Å². The fourth-order valence-corrected chi connectivity index (χ4v) is 2.67. The van der Waals surface area contributed by atoms with Crippen molar-refractivity contribution in [1.82, 2.24) is 10.2 Å². The molecule has 0 saturated heterocycles. The molecule has 0 unspecified atom stereocenters. The number of likely N-dealkylation sites (N-methyl/N-ethyl adjacent to an activating group) is 1. The Labute approximate surface area is 151 Å². The van der Waals surface area contributed by atoms with Crippen LogP contribution in [0.15, 0.2) is 42.5 Å². The lowest BCUT2D eigenvalue weighted by atomic mass is 10.2. The highest BCUT2D eigenvalue weighted by molar-refractivity contribution is 6.42. The van der Waals surface area contributed by atoms with Crippen molar-refractivity contribution in [2.75, 3.05) is 13.6 Å². The van der Waals surface area contributed by atoms with Gasteiger partial charge in [0.15, 0.2) is 0 Å². The molecule has 0 heterocycles. The zero-order valence-corrected chi connectivity index (χ0v) is 14.9. The molecule has 0 radical (unpaired) electrons. The second-order valence-corrected chi connectivity index (χ2v) is 6.51. The van der Waals surface area contributed by atoms with Crippen molar-refractivity contribution >= 4 is 40.7 Å². The first kappa shape index (κ1) is 18.1. The molecule has 0 atom stereocenters. The van der Waals surface area contributed by atoms with E-state index >= 15 is 0 Å². The number of hydrogen-bond acceptors (Lipinski definition) is 2. The Kier molecular flexibility index (Phi) is 6.72. The van der Waals surface area contributed by atoms with Crippen LogP contribution in [0.4, 0.5) is 0 Å². The fourth-order valence-electron chi connectivity index (χ4n) is 2.14. The molecule has 0 aliphatic carbocycles. The van der Waals surface area contributed by atoms with Crippen LogP contribution < -0.4 is 5.32 Å². The van der Waals surface area contributed by atoms with Gasteiger partial charge in [0.1, 0.15) is 0 Å². The van der Waals surface area contributed by atoms with Gasteiger partial charge in [-0.05, 0) is 36.4 Å². The maximum atomic E-state index is 12.0. The molecule has 0 aromatic heterocycles. The van der Waals surface area contributed by atoms with E-state index in [0.717, 1.165) is 11.1 Å². The quantitative estimate of drug-likeness (QED) is 0.816. The predicted octanol–water partition coefficient (Wildman–Crippen LogP) is 4.40. The highest BCUT2D eigenvalue weighted by atomic mass is 35.5. The molecule has 0 bridgehead atoms. The van der Waals surface area contributed by atoms with Gasteiger partial charge in [-0.15, -0.1) is 0 Å². The zero-order valence-electron chi connectivity index (χ0n) is 12.7. The second kappa shape index (κ2) is 8.55. The van der Waals surface area contributed by atoms with Crippen molar-refractivity contribution in [2.45, 2.75) is 13.1 Å². The maximum Gasteiger partial charge on any atom is 0.234 e. The number of nitrogens with zero attached hydrogens (tertiary/aromatic N) is 1. The molecule has 0 saturated carbocycles. The third-order valence-electron chi connectivity index (χ3n) is 3.28. The number of carbonyl (C=O) groups is 1. The number of amides is 1. The van der Waals surface area contributed by atoms with Crippen molar-refractivity contribution < 1.29 is 4.79 Å². The lowest BCUT2D eigenvalue weighted by molar-refractivity contribution is -0.122. The summed E-state index contributed by atoms with van der Waals surface area (Å²) >= 11 is 17.9. The Bertz CT molecular complexity index is 691. The van der Waals surface area contributed by atoms with Crippen LogP contribution in [0.2, 0.25) is 15.1 Å². The first-order chi connectivity index (χ1) is 11.0. The number of benzene rings is 2. The Balaban J connectivity index is 1.82. The minimum absolute atomic E-state index is 0.0625. The van der Waals surface area contributed by atoms with E-state index in [1.54, 1.807) is 12.1 Å². The average molecular weight is 372 g/mol. The minimum atomic E-state index is -0.0625. The summed E-state index contributed by atoms with van der Waals surface area (Å²) in [5, 5.41) is 4.55. The van der Waals surface area contributed by atoms with E-state index in [4.69, 9.17) is 34.8 Å². The summed E-state index contributed by atoms with van der Waals surface area (Å²) in [5.74, 6) is -0.0625. The summed E-state index contributed by atoms with van der Waals surface area (Å²) in [6.07, 6.45) is 0. The highest BCUT2D eigenvalue weighted by Crippen LogP contribution is 2.23. The van der Waals surface area contributed by atoms with Crippen LogP contribution in [-0.4, -0.2) is 24.4 Å². The monoisotopic (exact) mass is 370 g/mol. The molecule has 2 rings (SSSR count). The highest BCUT2D eigenvalue weighted by Gasteiger charge is 2.09. The van der Waals surface area contributed by atoms with Gasteiger partial charge in [-0.3, -0.25) is 9.69 Å². The van der Waals surface area contributed by atoms with Crippen molar-refractivity contribution in [2.24, 2.45) is 0 Å². The molecule has 1 amide bonds. The summed E-state index contributed by atoms with van der Waals surface area (Å²) in [6, 6.07) is 12.9. The summed E-state index contributed by atoms with van der Waals surface area (Å²) in [4.78, 5) is 13.9. The topological polar surface area (TPSA) is 32.3 Å². The molecule has 0 aliphatic rings. The molecular weight excluding hydrogens is 355 g/mol. The van der Waals surface area contributed by atoms with Gasteiger partial charge in [0, 0.05) is 18.1 Å². The second-order valence-electron chi connectivity index (χ2n) is 5.29. The summed E-state index contributed by atoms with van der Waals surface area (Å²) in [5.41, 5.74) is 1.90. The van der Waals surface area contributed by atoms with Crippen molar-refractivity contribution in [1.29, 1.82) is 0 Å². The van der Waals surface area contributed by atoms with Crippen LogP contribution in [0.3, 0.4) is 0 Å². The smallest absolute Gasteiger partial charge is 0.234 e. The van der Waals surface area contributed by atoms with Crippen LogP contribution in [0.25, 0.3) is 0 Å². The van der Waals surface area contributed by atoms with Gasteiger partial charge in [0.05, 0.1) is 16.6 Å². The number of rotatable bonds is 6. The van der Waals surface area contributed by atoms with Gasteiger partial charge in [-0.25, -0.2) is 0 Å². The van der Waals surface area contributed by atoms with Crippen LogP contribution in [-0.2, 0) is 17.9 Å². The minimum Gasteiger partial charge on any atom is -0.351 e. The molecule has 2 aromatic carbocycles. The van der Waals surface area contributed by atoms with E-state index in [0.29, 0.717) is 28.2 Å². The molecule has 0 aliphatic heterocycles. The molecular formula is C17H17Cl3N2O. The molecule has 3 nitrogen and oxygen atoms in total. The average Bonchev–Trinajstić information content (AvgIpc) is 2.50. The molecule has 0 fully saturated rings. The zero-order chi connectivity index (χ0) is 16.8. The van der Waals surface area contributed by atoms with Crippen LogP contribution in [0.5, 0.6) is 0 Å². The summed E-state index contributed by atoms with van der Waals surface area (Å²) in [6.45, 7) is 1.31. The van der Waals surface area contributed by atoms with E-state index in [2.05, 4.69) is 5.32 Å². The summed E-state index contributed by atoms with van der Waals surface area (Å²) in [7, 11) is 1.87. The maximum absolute atomic E-state index is 12.0. The third kappa shape index (κ3) is 5.70. The van der Waals surface area contributed by atoms with Crippen LogP contribution in [0.1, 0.15) is 11.1 Å². The van der Waals surface area contributed by atoms with E-state index in [-0.39, 0.29) is 12.5 Å². The molecule has 122 valence electrons. The Hall–Kier alpha value is -1.26. The van der Waals surface area contributed by atoms with Crippen molar-refractivity contribution in [3.8, 4) is 0 Å². The number of hydrogen-bond donors (Lipinski definition) is 1. The van der Waals surface area contributed by atoms with Gasteiger partial charge >= 0.3 is 0 Å². The van der Waals surface area contributed by atoms with Crippen LogP contribution >= 0.6 is 34.8 Å². The normalized spacial score (nSPS) is 10.8. The Morgan fingerprint density at radius 3 is 2.48 bits per heavy atom. The first-order valence-electron chi connectivity index (χ1n) is 7.08. The SMILES string of the molecule is CN(CC(=O)NCc1ccccc1Cl)Cc1ccc(Cl)c(Cl)c1. The summed E-state index contributed by atoms with van der Waals surface area (Å²) < 4.78 is 0. The number of halogens is 3. The van der Waals surface area contributed by atoms with Gasteiger partial charge in [-0.2, -0.15) is 0 Å². The largest absolute Gasteiger partial charge is 0.351 e. The Morgan fingerprint density at radius 1 is 1.04 bits per heavy atom. The predicted molar refractivity (Wildman–Crippen MR) is 96.1 cm³/mol. The number of nitrogens with one attached hydrogen (secondary N) is 1. The van der Waals surface area contributed by atoms with Gasteiger partial charge in [0.25, 0.3) is 0 Å². The lowest BCUT2D eigenvalue weighted by Gasteiger charge is -2.17. The van der Waals surface area contributed by atoms with Crippen LogP contribution in [0, 0.1) is 0 Å². The fraction of sp³-hybridized carbons (Fsp3) is 0.235. The van der Waals surface area contributed by atoms with Gasteiger partial charge in [0.2, 0.25) is 5.91 Å². The standard InChI is InChI=1S/C17H17Cl3N2O/c1-22(10-12-6-7-15(19)16(20)8-12)11-17(23)21-9-13-4-2-3-5-14(13)18/h2-8H,9-11H2,1H3,(H,21,23). The number of carbonyl (C=O) groups excluding carboxylic acids is 1.